The molecule has 1 aromatic heterocycles. The molecule has 0 unspecified atom stereocenters. The number of benzene rings is 1. The number of aromatic nitrogens is 1. The number of anilines is 1. The topological polar surface area (TPSA) is 54.3 Å². The van der Waals surface area contributed by atoms with Crippen molar-refractivity contribution in [3.8, 4) is 0 Å². The lowest BCUT2D eigenvalue weighted by atomic mass is 10.0. The molecule has 4 nitrogen and oxygen atoms in total. The van der Waals surface area contributed by atoms with Gasteiger partial charge < -0.3 is 15.0 Å². The van der Waals surface area contributed by atoms with Crippen LogP contribution in [0.15, 0.2) is 30.5 Å². The predicted molar refractivity (Wildman–Crippen MR) is 79.7 cm³/mol. The molecule has 0 spiro atoms. The molecule has 2 aromatic rings. The molecule has 1 aromatic carbocycles. The number of carbonyl (C=O) groups excluding carboxylic acids is 1. The van der Waals surface area contributed by atoms with Crippen LogP contribution in [-0.4, -0.2) is 21.2 Å². The number of fused-ring (bicyclic) bond motifs is 1. The maximum absolute atomic E-state index is 12.2. The molecule has 0 bridgehead atoms. The second-order valence-electron chi connectivity index (χ2n) is 5.57. The number of amides is 1. The normalized spacial score (nSPS) is 17.5. The molecule has 0 saturated heterocycles. The number of carbonyl (C=O) groups is 1. The fourth-order valence-electron chi connectivity index (χ4n) is 2.97. The summed E-state index contributed by atoms with van der Waals surface area (Å²) in [4.78, 5) is 12.2. The Hall–Kier alpha value is -1.81. The van der Waals surface area contributed by atoms with E-state index < -0.39 is 5.60 Å². The van der Waals surface area contributed by atoms with E-state index in [9.17, 15) is 9.90 Å². The minimum absolute atomic E-state index is 0.274. The number of rotatable bonds is 3. The lowest BCUT2D eigenvalue weighted by molar-refractivity contribution is -0.133. The Morgan fingerprint density at radius 3 is 2.80 bits per heavy atom. The minimum Gasteiger partial charge on any atom is -0.380 e. The molecule has 20 heavy (non-hydrogen) atoms. The quantitative estimate of drug-likeness (QED) is 0.902. The van der Waals surface area contributed by atoms with Crippen LogP contribution in [-0.2, 0) is 11.3 Å². The van der Waals surface area contributed by atoms with Crippen LogP contribution >= 0.6 is 0 Å². The predicted octanol–water partition coefficient (Wildman–Crippen LogP) is 2.90. The number of aryl methyl sites for hydroxylation is 1. The van der Waals surface area contributed by atoms with Crippen molar-refractivity contribution in [1.29, 1.82) is 0 Å². The Kier molecular flexibility index (Phi) is 3.26. The van der Waals surface area contributed by atoms with Gasteiger partial charge in [0.2, 0.25) is 0 Å². The highest BCUT2D eigenvalue weighted by atomic mass is 16.3. The Labute approximate surface area is 118 Å². The third kappa shape index (κ3) is 2.20. The fourth-order valence-corrected chi connectivity index (χ4v) is 2.97. The summed E-state index contributed by atoms with van der Waals surface area (Å²) in [6, 6.07) is 7.92. The van der Waals surface area contributed by atoms with Crippen LogP contribution in [0.5, 0.6) is 0 Å². The number of hydrogen-bond acceptors (Lipinski definition) is 2. The molecule has 1 heterocycles. The average molecular weight is 272 g/mol. The Balaban J connectivity index is 1.85. The van der Waals surface area contributed by atoms with Gasteiger partial charge in [0.05, 0.1) is 5.52 Å². The van der Waals surface area contributed by atoms with Crippen molar-refractivity contribution in [2.75, 3.05) is 5.32 Å². The van der Waals surface area contributed by atoms with Crippen LogP contribution in [0.2, 0.25) is 0 Å². The first-order chi connectivity index (χ1) is 9.62. The summed E-state index contributed by atoms with van der Waals surface area (Å²) in [7, 11) is 0. The number of hydrogen-bond donors (Lipinski definition) is 2. The Bertz CT molecular complexity index is 639. The second-order valence-corrected chi connectivity index (χ2v) is 5.57. The van der Waals surface area contributed by atoms with Crippen molar-refractivity contribution < 1.29 is 9.90 Å². The van der Waals surface area contributed by atoms with Crippen molar-refractivity contribution in [2.45, 2.75) is 44.8 Å². The van der Waals surface area contributed by atoms with Crippen LogP contribution in [0.3, 0.4) is 0 Å². The SMILES string of the molecule is CCn1ccc2ccc(NC(=O)C3(O)CCCC3)cc21. The van der Waals surface area contributed by atoms with Gasteiger partial charge in [-0.3, -0.25) is 4.79 Å². The van der Waals surface area contributed by atoms with Gasteiger partial charge in [0.15, 0.2) is 0 Å². The van der Waals surface area contributed by atoms with Crippen LogP contribution in [0.25, 0.3) is 10.9 Å². The fraction of sp³-hybridized carbons (Fsp3) is 0.438. The second kappa shape index (κ2) is 4.94. The van der Waals surface area contributed by atoms with E-state index in [0.29, 0.717) is 12.8 Å². The third-order valence-electron chi connectivity index (χ3n) is 4.23. The molecule has 1 aliphatic carbocycles. The smallest absolute Gasteiger partial charge is 0.256 e. The Morgan fingerprint density at radius 1 is 1.35 bits per heavy atom. The first-order valence-electron chi connectivity index (χ1n) is 7.25. The van der Waals surface area contributed by atoms with Gasteiger partial charge in [0, 0.05) is 18.4 Å². The van der Waals surface area contributed by atoms with Gasteiger partial charge in [-0.2, -0.15) is 0 Å². The minimum atomic E-state index is -1.18. The highest BCUT2D eigenvalue weighted by molar-refractivity contribution is 5.98. The number of nitrogens with zero attached hydrogens (tertiary/aromatic N) is 1. The summed E-state index contributed by atoms with van der Waals surface area (Å²) in [5.74, 6) is -0.274. The molecule has 0 atom stereocenters. The molecule has 0 aliphatic heterocycles. The monoisotopic (exact) mass is 272 g/mol. The van der Waals surface area contributed by atoms with Crippen molar-refractivity contribution in [3.63, 3.8) is 0 Å². The maximum atomic E-state index is 12.2. The summed E-state index contributed by atoms with van der Waals surface area (Å²) in [6.07, 6.45) is 5.00. The van der Waals surface area contributed by atoms with Crippen molar-refractivity contribution >= 4 is 22.5 Å². The van der Waals surface area contributed by atoms with Gasteiger partial charge in [0.1, 0.15) is 5.60 Å². The van der Waals surface area contributed by atoms with E-state index in [-0.39, 0.29) is 5.91 Å². The molecule has 1 fully saturated rings. The van der Waals surface area contributed by atoms with E-state index >= 15 is 0 Å². The molecule has 2 N–H and O–H groups in total. The van der Waals surface area contributed by atoms with Gasteiger partial charge in [-0.05, 0) is 56.2 Å². The van der Waals surface area contributed by atoms with Crippen molar-refractivity contribution in [1.82, 2.24) is 4.57 Å². The summed E-state index contributed by atoms with van der Waals surface area (Å²) < 4.78 is 2.13. The van der Waals surface area contributed by atoms with Crippen LogP contribution < -0.4 is 5.32 Å². The number of nitrogens with one attached hydrogen (secondary N) is 1. The molecule has 1 aliphatic rings. The maximum Gasteiger partial charge on any atom is 0.256 e. The molecular weight excluding hydrogens is 252 g/mol. The highest BCUT2D eigenvalue weighted by Gasteiger charge is 2.38. The molecular formula is C16H20N2O2. The standard InChI is InChI=1S/C16H20N2O2/c1-2-18-10-7-12-5-6-13(11-14(12)18)17-15(19)16(20)8-3-4-9-16/h5-7,10-11,20H,2-4,8-9H2,1H3,(H,17,19). The molecule has 4 heteroatoms. The summed E-state index contributed by atoms with van der Waals surface area (Å²) >= 11 is 0. The summed E-state index contributed by atoms with van der Waals surface area (Å²) in [5.41, 5.74) is 0.668. The lowest BCUT2D eigenvalue weighted by Gasteiger charge is -2.21. The zero-order valence-electron chi connectivity index (χ0n) is 11.7. The average Bonchev–Trinajstić information content (AvgIpc) is 3.05. The first kappa shape index (κ1) is 13.2. The van der Waals surface area contributed by atoms with Crippen LogP contribution in [0.4, 0.5) is 5.69 Å². The lowest BCUT2D eigenvalue weighted by Crippen LogP contribution is -2.40. The molecule has 0 radical (unpaired) electrons. The van der Waals surface area contributed by atoms with E-state index in [2.05, 4.69) is 22.9 Å². The summed E-state index contributed by atoms with van der Waals surface area (Å²) in [6.45, 7) is 2.98. The van der Waals surface area contributed by atoms with E-state index in [4.69, 9.17) is 0 Å². The van der Waals surface area contributed by atoms with Gasteiger partial charge in [0.25, 0.3) is 5.91 Å². The van der Waals surface area contributed by atoms with E-state index in [1.807, 2.05) is 24.4 Å². The zero-order valence-corrected chi connectivity index (χ0v) is 11.7. The van der Waals surface area contributed by atoms with Crippen LogP contribution in [0.1, 0.15) is 32.6 Å². The van der Waals surface area contributed by atoms with Gasteiger partial charge in [-0.15, -0.1) is 0 Å². The molecule has 3 rings (SSSR count). The van der Waals surface area contributed by atoms with Crippen molar-refractivity contribution in [2.24, 2.45) is 0 Å². The highest BCUT2D eigenvalue weighted by Crippen LogP contribution is 2.31. The largest absolute Gasteiger partial charge is 0.380 e. The third-order valence-corrected chi connectivity index (χ3v) is 4.23. The van der Waals surface area contributed by atoms with Gasteiger partial charge in [-0.1, -0.05) is 6.07 Å². The Morgan fingerprint density at radius 2 is 2.10 bits per heavy atom. The number of aliphatic hydroxyl groups is 1. The molecule has 1 saturated carbocycles. The van der Waals surface area contributed by atoms with Crippen molar-refractivity contribution in [3.05, 3.63) is 30.5 Å². The van der Waals surface area contributed by atoms with E-state index in [0.717, 1.165) is 36.0 Å². The van der Waals surface area contributed by atoms with Gasteiger partial charge in [-0.25, -0.2) is 0 Å². The molecule has 106 valence electrons. The zero-order chi connectivity index (χ0) is 14.2. The molecule has 1 amide bonds. The van der Waals surface area contributed by atoms with Gasteiger partial charge >= 0.3 is 0 Å². The van der Waals surface area contributed by atoms with E-state index in [1.165, 1.54) is 0 Å². The van der Waals surface area contributed by atoms with E-state index in [1.54, 1.807) is 0 Å². The van der Waals surface area contributed by atoms with Crippen LogP contribution in [0, 0.1) is 0 Å². The summed E-state index contributed by atoms with van der Waals surface area (Å²) in [5, 5.41) is 14.3. The first-order valence-corrected chi connectivity index (χ1v) is 7.25.